The van der Waals surface area contributed by atoms with Gasteiger partial charge < -0.3 is 5.11 Å². The SMILES string of the molecule is CCN(CC(=O)O)Cc1ccccn1. The Morgan fingerprint density at radius 2 is 2.36 bits per heavy atom. The van der Waals surface area contributed by atoms with Gasteiger partial charge in [0.1, 0.15) is 0 Å². The van der Waals surface area contributed by atoms with Gasteiger partial charge in [-0.15, -0.1) is 0 Å². The minimum atomic E-state index is -0.803. The Kier molecular flexibility index (Phi) is 4.07. The number of carbonyl (C=O) groups is 1. The summed E-state index contributed by atoms with van der Waals surface area (Å²) in [6.07, 6.45) is 1.71. The van der Waals surface area contributed by atoms with Crippen molar-refractivity contribution in [3.63, 3.8) is 0 Å². The summed E-state index contributed by atoms with van der Waals surface area (Å²) in [7, 11) is 0. The Morgan fingerprint density at radius 3 is 2.86 bits per heavy atom. The van der Waals surface area contributed by atoms with E-state index in [-0.39, 0.29) is 6.54 Å². The Bertz CT molecular complexity index is 287. The lowest BCUT2D eigenvalue weighted by Gasteiger charge is -2.16. The molecule has 0 aliphatic carbocycles. The molecule has 0 aliphatic heterocycles. The summed E-state index contributed by atoms with van der Waals surface area (Å²) in [5.41, 5.74) is 0.899. The van der Waals surface area contributed by atoms with Gasteiger partial charge >= 0.3 is 5.97 Å². The van der Waals surface area contributed by atoms with Crippen molar-refractivity contribution in [2.24, 2.45) is 0 Å². The molecular weight excluding hydrogens is 180 g/mol. The van der Waals surface area contributed by atoms with Crippen molar-refractivity contribution in [3.05, 3.63) is 30.1 Å². The molecule has 1 rings (SSSR count). The Hall–Kier alpha value is -1.42. The third-order valence-electron chi connectivity index (χ3n) is 1.92. The van der Waals surface area contributed by atoms with Crippen molar-refractivity contribution in [1.82, 2.24) is 9.88 Å². The van der Waals surface area contributed by atoms with E-state index in [4.69, 9.17) is 5.11 Å². The van der Waals surface area contributed by atoms with Crippen LogP contribution < -0.4 is 0 Å². The van der Waals surface area contributed by atoms with Crippen LogP contribution in [0.15, 0.2) is 24.4 Å². The average Bonchev–Trinajstić information content (AvgIpc) is 2.17. The molecule has 76 valence electrons. The standard InChI is InChI=1S/C10H14N2O2/c1-2-12(8-10(13)14)7-9-5-3-4-6-11-9/h3-6H,2,7-8H2,1H3,(H,13,14). The number of carboxylic acids is 1. The molecule has 0 radical (unpaired) electrons. The van der Waals surface area contributed by atoms with Crippen LogP contribution in [-0.2, 0) is 11.3 Å². The van der Waals surface area contributed by atoms with Gasteiger partial charge in [0.05, 0.1) is 12.2 Å². The quantitative estimate of drug-likeness (QED) is 0.759. The van der Waals surface area contributed by atoms with Crippen LogP contribution in [-0.4, -0.2) is 34.0 Å². The summed E-state index contributed by atoms with van der Waals surface area (Å²) in [4.78, 5) is 16.5. The third kappa shape index (κ3) is 3.53. The Labute approximate surface area is 83.2 Å². The van der Waals surface area contributed by atoms with E-state index in [2.05, 4.69) is 4.98 Å². The number of carboxylic acid groups (broad SMARTS) is 1. The van der Waals surface area contributed by atoms with Gasteiger partial charge in [-0.1, -0.05) is 13.0 Å². The number of rotatable bonds is 5. The first-order valence-corrected chi connectivity index (χ1v) is 4.56. The van der Waals surface area contributed by atoms with Gasteiger partial charge in [-0.2, -0.15) is 0 Å². The van der Waals surface area contributed by atoms with Crippen molar-refractivity contribution >= 4 is 5.97 Å². The van der Waals surface area contributed by atoms with E-state index >= 15 is 0 Å². The van der Waals surface area contributed by atoms with Crippen LogP contribution in [0.4, 0.5) is 0 Å². The molecule has 0 saturated heterocycles. The van der Waals surface area contributed by atoms with E-state index in [1.54, 1.807) is 6.20 Å². The Balaban J connectivity index is 2.53. The van der Waals surface area contributed by atoms with Gasteiger partial charge in [-0.25, -0.2) is 0 Å². The summed E-state index contributed by atoms with van der Waals surface area (Å²) in [6.45, 7) is 3.30. The molecule has 1 aromatic rings. The highest BCUT2D eigenvalue weighted by atomic mass is 16.4. The normalized spacial score (nSPS) is 10.4. The topological polar surface area (TPSA) is 53.4 Å². The zero-order chi connectivity index (χ0) is 10.4. The van der Waals surface area contributed by atoms with Gasteiger partial charge in [0.25, 0.3) is 0 Å². The summed E-state index contributed by atoms with van der Waals surface area (Å²) >= 11 is 0. The molecular formula is C10H14N2O2. The van der Waals surface area contributed by atoms with Crippen LogP contribution in [0, 0.1) is 0 Å². The first-order chi connectivity index (χ1) is 6.72. The maximum absolute atomic E-state index is 10.5. The first-order valence-electron chi connectivity index (χ1n) is 4.56. The molecule has 0 aliphatic rings. The largest absolute Gasteiger partial charge is 0.480 e. The Morgan fingerprint density at radius 1 is 1.57 bits per heavy atom. The number of pyridine rings is 1. The van der Waals surface area contributed by atoms with Crippen molar-refractivity contribution < 1.29 is 9.90 Å². The van der Waals surface area contributed by atoms with E-state index in [0.29, 0.717) is 13.1 Å². The van der Waals surface area contributed by atoms with E-state index in [1.165, 1.54) is 0 Å². The van der Waals surface area contributed by atoms with E-state index in [9.17, 15) is 4.79 Å². The van der Waals surface area contributed by atoms with E-state index in [0.717, 1.165) is 5.69 Å². The number of hydrogen-bond donors (Lipinski definition) is 1. The maximum atomic E-state index is 10.5. The van der Waals surface area contributed by atoms with E-state index in [1.807, 2.05) is 30.0 Å². The molecule has 0 aromatic carbocycles. The van der Waals surface area contributed by atoms with Crippen LogP contribution >= 0.6 is 0 Å². The minimum Gasteiger partial charge on any atom is -0.480 e. The predicted octanol–water partition coefficient (Wildman–Crippen LogP) is 0.988. The third-order valence-corrected chi connectivity index (χ3v) is 1.92. The first kappa shape index (κ1) is 10.7. The molecule has 14 heavy (non-hydrogen) atoms. The molecule has 1 N–H and O–H groups in total. The van der Waals surface area contributed by atoms with Crippen LogP contribution in [0.25, 0.3) is 0 Å². The molecule has 0 fully saturated rings. The van der Waals surface area contributed by atoms with Crippen molar-refractivity contribution in [2.45, 2.75) is 13.5 Å². The van der Waals surface area contributed by atoms with Crippen LogP contribution in [0.5, 0.6) is 0 Å². The van der Waals surface area contributed by atoms with Crippen molar-refractivity contribution in [1.29, 1.82) is 0 Å². The lowest BCUT2D eigenvalue weighted by molar-refractivity contribution is -0.138. The lowest BCUT2D eigenvalue weighted by atomic mass is 10.3. The molecule has 0 atom stereocenters. The van der Waals surface area contributed by atoms with Crippen LogP contribution in [0.1, 0.15) is 12.6 Å². The monoisotopic (exact) mass is 194 g/mol. The molecule has 1 aromatic heterocycles. The van der Waals surface area contributed by atoms with Gasteiger partial charge in [0.2, 0.25) is 0 Å². The number of aliphatic carboxylic acids is 1. The minimum absolute atomic E-state index is 0.0626. The second kappa shape index (κ2) is 5.34. The number of hydrogen-bond acceptors (Lipinski definition) is 3. The van der Waals surface area contributed by atoms with Crippen molar-refractivity contribution in [3.8, 4) is 0 Å². The number of aromatic nitrogens is 1. The molecule has 0 spiro atoms. The summed E-state index contributed by atoms with van der Waals surface area (Å²) < 4.78 is 0. The van der Waals surface area contributed by atoms with Crippen molar-refractivity contribution in [2.75, 3.05) is 13.1 Å². The van der Waals surface area contributed by atoms with Gasteiger partial charge in [-0.3, -0.25) is 14.7 Å². The second-order valence-electron chi connectivity index (χ2n) is 3.02. The molecule has 0 amide bonds. The van der Waals surface area contributed by atoms with Gasteiger partial charge in [0.15, 0.2) is 0 Å². The molecule has 4 nitrogen and oxygen atoms in total. The highest BCUT2D eigenvalue weighted by Crippen LogP contribution is 1.99. The van der Waals surface area contributed by atoms with E-state index < -0.39 is 5.97 Å². The fourth-order valence-electron chi connectivity index (χ4n) is 1.19. The predicted molar refractivity (Wildman–Crippen MR) is 52.8 cm³/mol. The molecule has 1 heterocycles. The maximum Gasteiger partial charge on any atom is 0.317 e. The fraction of sp³-hybridized carbons (Fsp3) is 0.400. The second-order valence-corrected chi connectivity index (χ2v) is 3.02. The fourth-order valence-corrected chi connectivity index (χ4v) is 1.19. The highest BCUT2D eigenvalue weighted by Gasteiger charge is 2.07. The van der Waals surface area contributed by atoms with Crippen LogP contribution in [0.2, 0.25) is 0 Å². The smallest absolute Gasteiger partial charge is 0.317 e. The molecule has 0 bridgehead atoms. The zero-order valence-corrected chi connectivity index (χ0v) is 8.18. The summed E-state index contributed by atoms with van der Waals surface area (Å²) in [5.74, 6) is -0.803. The highest BCUT2D eigenvalue weighted by molar-refractivity contribution is 5.69. The molecule has 0 unspecified atom stereocenters. The number of nitrogens with zero attached hydrogens (tertiary/aromatic N) is 2. The van der Waals surface area contributed by atoms with Gasteiger partial charge in [-0.05, 0) is 18.7 Å². The van der Waals surface area contributed by atoms with Crippen LogP contribution in [0.3, 0.4) is 0 Å². The molecule has 0 saturated carbocycles. The molecule has 4 heteroatoms. The summed E-state index contributed by atoms with van der Waals surface area (Å²) in [5, 5.41) is 8.63. The average molecular weight is 194 g/mol. The zero-order valence-electron chi connectivity index (χ0n) is 8.18. The lowest BCUT2D eigenvalue weighted by Crippen LogP contribution is -2.29. The summed E-state index contributed by atoms with van der Waals surface area (Å²) in [6, 6.07) is 5.64. The number of likely N-dealkylation sites (N-methyl/N-ethyl adjacent to an activating group) is 1. The van der Waals surface area contributed by atoms with Gasteiger partial charge in [0, 0.05) is 12.7 Å².